The van der Waals surface area contributed by atoms with Gasteiger partial charge in [0.15, 0.2) is 0 Å². The van der Waals surface area contributed by atoms with Crippen LogP contribution in [0.5, 0.6) is 0 Å². The Morgan fingerprint density at radius 1 is 1.29 bits per heavy atom. The third kappa shape index (κ3) is 1.29. The van der Waals surface area contributed by atoms with E-state index in [1.807, 2.05) is 0 Å². The molecule has 0 aliphatic carbocycles. The van der Waals surface area contributed by atoms with Crippen LogP contribution in [0, 0.1) is 6.92 Å². The van der Waals surface area contributed by atoms with Crippen LogP contribution in [0.3, 0.4) is 0 Å². The van der Waals surface area contributed by atoms with Crippen LogP contribution in [-0.2, 0) is 0 Å². The maximum absolute atomic E-state index is 2.13. The molecule has 1 heterocycles. The van der Waals surface area contributed by atoms with E-state index in [2.05, 4.69) is 30.7 Å². The summed E-state index contributed by atoms with van der Waals surface area (Å²) in [7, 11) is 1.31. The SMILES string of the molecule is Cc1ccpcc1. The van der Waals surface area contributed by atoms with Crippen molar-refractivity contribution in [3.63, 3.8) is 0 Å². The van der Waals surface area contributed by atoms with Gasteiger partial charge in [0.1, 0.15) is 0 Å². The highest BCUT2D eigenvalue weighted by molar-refractivity contribution is 7.28. The normalized spacial score (nSPS) is 8.71. The van der Waals surface area contributed by atoms with Crippen molar-refractivity contribution in [1.82, 2.24) is 0 Å². The first-order chi connectivity index (χ1) is 3.39. The molecule has 0 amide bonds. The Kier molecular flexibility index (Phi) is 1.43. The van der Waals surface area contributed by atoms with Gasteiger partial charge in [-0.3, -0.25) is 0 Å². The molecule has 0 aliphatic heterocycles. The van der Waals surface area contributed by atoms with Gasteiger partial charge in [-0.2, -0.15) is 0 Å². The minimum absolute atomic E-state index is 1.31. The molecule has 7 heavy (non-hydrogen) atoms. The van der Waals surface area contributed by atoms with Crippen molar-refractivity contribution >= 4 is 8.19 Å². The highest BCUT2D eigenvalue weighted by atomic mass is 31.0. The molecule has 0 atom stereocenters. The van der Waals surface area contributed by atoms with Crippen LogP contribution in [0.4, 0.5) is 0 Å². The van der Waals surface area contributed by atoms with Crippen molar-refractivity contribution in [2.75, 3.05) is 0 Å². The maximum atomic E-state index is 2.13. The first kappa shape index (κ1) is 4.80. The first-order valence-corrected chi connectivity index (χ1v) is 3.29. The van der Waals surface area contributed by atoms with Gasteiger partial charge in [0.05, 0.1) is 0 Å². The lowest BCUT2D eigenvalue weighted by molar-refractivity contribution is 1.52. The van der Waals surface area contributed by atoms with E-state index in [1.165, 1.54) is 13.8 Å². The Hall–Kier alpha value is -0.350. The molecular weight excluding hydrogens is 103 g/mol. The van der Waals surface area contributed by atoms with E-state index < -0.39 is 0 Å². The number of hydrogen-bond acceptors (Lipinski definition) is 0. The zero-order chi connectivity index (χ0) is 5.11. The lowest BCUT2D eigenvalue weighted by Gasteiger charge is -1.82. The van der Waals surface area contributed by atoms with Gasteiger partial charge >= 0.3 is 0 Å². The van der Waals surface area contributed by atoms with E-state index in [9.17, 15) is 0 Å². The second-order valence-corrected chi connectivity index (χ2v) is 2.42. The maximum Gasteiger partial charge on any atom is -0.0344 e. The monoisotopic (exact) mass is 110 g/mol. The third-order valence-corrected chi connectivity index (χ3v) is 1.49. The van der Waals surface area contributed by atoms with E-state index in [-0.39, 0.29) is 0 Å². The molecule has 0 radical (unpaired) electrons. The highest BCUT2D eigenvalue weighted by Gasteiger charge is 1.72. The Morgan fingerprint density at radius 3 is 2.14 bits per heavy atom. The van der Waals surface area contributed by atoms with Crippen molar-refractivity contribution in [3.05, 3.63) is 29.3 Å². The molecule has 1 heteroatoms. The van der Waals surface area contributed by atoms with Gasteiger partial charge in [-0.25, -0.2) is 0 Å². The van der Waals surface area contributed by atoms with Gasteiger partial charge < -0.3 is 0 Å². The number of rotatable bonds is 0. The van der Waals surface area contributed by atoms with E-state index in [0.717, 1.165) is 0 Å². The standard InChI is InChI=1S/C6H7P/c1-6-2-4-7-5-3-6/h2-5H,1H3. The number of aryl methyl sites for hydroxylation is 1. The summed E-state index contributed by atoms with van der Waals surface area (Å²) in [5.74, 6) is 4.27. The van der Waals surface area contributed by atoms with Crippen LogP contribution in [-0.4, -0.2) is 0 Å². The van der Waals surface area contributed by atoms with Crippen molar-refractivity contribution in [1.29, 1.82) is 0 Å². The molecule has 0 saturated heterocycles. The minimum atomic E-state index is 1.31. The number of hydrogen-bond donors (Lipinski definition) is 0. The zero-order valence-electron chi connectivity index (χ0n) is 4.26. The van der Waals surface area contributed by atoms with Crippen molar-refractivity contribution in [2.24, 2.45) is 0 Å². The van der Waals surface area contributed by atoms with Crippen LogP contribution < -0.4 is 0 Å². The fourth-order valence-corrected chi connectivity index (χ4v) is 1.17. The predicted molar refractivity (Wildman–Crippen MR) is 33.7 cm³/mol. The van der Waals surface area contributed by atoms with Gasteiger partial charge in [-0.05, 0) is 18.5 Å². The Bertz CT molecular complexity index is 134. The topological polar surface area (TPSA) is 0 Å². The van der Waals surface area contributed by atoms with Gasteiger partial charge in [0.2, 0.25) is 0 Å². The highest BCUT2D eigenvalue weighted by Crippen LogP contribution is 2.04. The van der Waals surface area contributed by atoms with Gasteiger partial charge in [0, 0.05) is 0 Å². The summed E-state index contributed by atoms with van der Waals surface area (Å²) < 4.78 is 0. The van der Waals surface area contributed by atoms with Crippen molar-refractivity contribution in [3.8, 4) is 0 Å². The fourth-order valence-electron chi connectivity index (χ4n) is 0.426. The lowest BCUT2D eigenvalue weighted by atomic mass is 10.3. The van der Waals surface area contributed by atoms with E-state index >= 15 is 0 Å². The molecule has 1 rings (SSSR count). The minimum Gasteiger partial charge on any atom is -0.0765 e. The molecule has 0 bridgehead atoms. The fraction of sp³-hybridized carbons (Fsp3) is 0.167. The average molecular weight is 110 g/mol. The van der Waals surface area contributed by atoms with Gasteiger partial charge in [0.25, 0.3) is 0 Å². The Labute approximate surface area is 45.3 Å². The molecule has 0 aliphatic rings. The Balaban J connectivity index is 3.02. The smallest absolute Gasteiger partial charge is 0.0344 e. The molecule has 0 unspecified atom stereocenters. The largest absolute Gasteiger partial charge is 0.0765 e. The van der Waals surface area contributed by atoms with Crippen LogP contribution in [0.15, 0.2) is 23.7 Å². The molecule has 1 aromatic heterocycles. The molecule has 0 fully saturated rings. The molecule has 36 valence electrons. The molecule has 0 nitrogen and oxygen atoms in total. The summed E-state index contributed by atoms with van der Waals surface area (Å²) in [4.78, 5) is 0. The Morgan fingerprint density at radius 2 is 1.86 bits per heavy atom. The summed E-state index contributed by atoms with van der Waals surface area (Å²) >= 11 is 0. The van der Waals surface area contributed by atoms with Crippen molar-refractivity contribution < 1.29 is 0 Å². The van der Waals surface area contributed by atoms with Gasteiger partial charge in [-0.1, -0.05) is 25.9 Å². The average Bonchev–Trinajstić information content (AvgIpc) is 1.69. The van der Waals surface area contributed by atoms with Crippen LogP contribution in [0.2, 0.25) is 0 Å². The molecule has 0 aromatic carbocycles. The third-order valence-electron chi connectivity index (χ3n) is 0.847. The van der Waals surface area contributed by atoms with Crippen LogP contribution in [0.1, 0.15) is 5.56 Å². The zero-order valence-corrected chi connectivity index (χ0v) is 5.15. The molecule has 0 spiro atoms. The molecular formula is C6H7P. The molecule has 1 aromatic rings. The first-order valence-electron chi connectivity index (χ1n) is 2.26. The molecule has 0 N–H and O–H groups in total. The second-order valence-electron chi connectivity index (χ2n) is 1.52. The molecule has 0 saturated carbocycles. The predicted octanol–water partition coefficient (Wildman–Crippen LogP) is 2.58. The quantitative estimate of drug-likeness (QED) is 0.481. The van der Waals surface area contributed by atoms with Gasteiger partial charge in [-0.15, -0.1) is 0 Å². The summed E-state index contributed by atoms with van der Waals surface area (Å²) in [6, 6.07) is 4.25. The summed E-state index contributed by atoms with van der Waals surface area (Å²) in [5, 5.41) is 0. The summed E-state index contributed by atoms with van der Waals surface area (Å²) in [6.45, 7) is 2.10. The van der Waals surface area contributed by atoms with E-state index in [0.29, 0.717) is 0 Å². The summed E-state index contributed by atoms with van der Waals surface area (Å²) in [5.41, 5.74) is 1.35. The van der Waals surface area contributed by atoms with Crippen LogP contribution in [0.25, 0.3) is 0 Å². The van der Waals surface area contributed by atoms with E-state index in [4.69, 9.17) is 0 Å². The van der Waals surface area contributed by atoms with Crippen LogP contribution >= 0.6 is 8.19 Å². The van der Waals surface area contributed by atoms with Crippen molar-refractivity contribution in [2.45, 2.75) is 6.92 Å². The van der Waals surface area contributed by atoms with E-state index in [1.54, 1.807) is 0 Å². The lowest BCUT2D eigenvalue weighted by Crippen LogP contribution is -1.58. The summed E-state index contributed by atoms with van der Waals surface area (Å²) in [6.07, 6.45) is 0. The second kappa shape index (κ2) is 2.09.